The van der Waals surface area contributed by atoms with Gasteiger partial charge in [0.2, 0.25) is 0 Å². The van der Waals surface area contributed by atoms with Crippen LogP contribution in [0.15, 0.2) is 4.99 Å². The second kappa shape index (κ2) is 11.6. The number of methoxy groups -OCH3 is 2. The largest absolute Gasteiger partial charge is 0.383 e. The molecule has 2 N–H and O–H groups in total. The number of nitrogens with zero attached hydrogens (tertiary/aromatic N) is 4. The molecule has 146 valence electrons. The Balaban J connectivity index is 0.00000576. The zero-order valence-electron chi connectivity index (χ0n) is 16.4. The van der Waals surface area contributed by atoms with Crippen LogP contribution < -0.4 is 10.6 Å². The van der Waals surface area contributed by atoms with Crippen molar-refractivity contribution >= 4 is 29.9 Å². The van der Waals surface area contributed by atoms with Crippen molar-refractivity contribution in [2.45, 2.75) is 40.3 Å². The molecule has 8 nitrogen and oxygen atoms in total. The second-order valence-corrected chi connectivity index (χ2v) is 6.78. The summed E-state index contributed by atoms with van der Waals surface area (Å²) < 4.78 is 12.6. The van der Waals surface area contributed by atoms with Gasteiger partial charge in [0, 0.05) is 34.4 Å². The number of aromatic nitrogens is 3. The molecule has 0 aliphatic carbocycles. The molecular formula is C16H33IN6O2. The molecule has 0 aliphatic rings. The minimum Gasteiger partial charge on any atom is -0.383 e. The zero-order chi connectivity index (χ0) is 18.2. The molecule has 0 radical (unpaired) electrons. The van der Waals surface area contributed by atoms with Gasteiger partial charge in [-0.2, -0.15) is 0 Å². The first kappa shape index (κ1) is 24.1. The predicted octanol–water partition coefficient (Wildman–Crippen LogP) is 1.48. The van der Waals surface area contributed by atoms with Crippen LogP contribution in [0, 0.1) is 12.3 Å². The summed E-state index contributed by atoms with van der Waals surface area (Å²) in [6, 6.07) is 0. The summed E-state index contributed by atoms with van der Waals surface area (Å²) in [5.41, 5.74) is 0.0418. The van der Waals surface area contributed by atoms with Crippen LogP contribution in [0.4, 0.5) is 0 Å². The molecule has 1 aromatic heterocycles. The van der Waals surface area contributed by atoms with Crippen molar-refractivity contribution in [3.63, 3.8) is 0 Å². The Kier molecular flexibility index (Phi) is 11.2. The van der Waals surface area contributed by atoms with E-state index in [2.05, 4.69) is 46.6 Å². The molecule has 0 aliphatic heterocycles. The van der Waals surface area contributed by atoms with Crippen LogP contribution in [-0.4, -0.2) is 60.7 Å². The van der Waals surface area contributed by atoms with E-state index in [1.54, 1.807) is 14.2 Å². The molecular weight excluding hydrogens is 435 g/mol. The Morgan fingerprint density at radius 3 is 2.40 bits per heavy atom. The minimum atomic E-state index is 0. The quantitative estimate of drug-likeness (QED) is 0.260. The van der Waals surface area contributed by atoms with Crippen LogP contribution in [0.5, 0.6) is 0 Å². The van der Waals surface area contributed by atoms with E-state index >= 15 is 0 Å². The highest BCUT2D eigenvalue weighted by atomic mass is 127. The van der Waals surface area contributed by atoms with Crippen LogP contribution >= 0.6 is 24.0 Å². The van der Waals surface area contributed by atoms with Crippen molar-refractivity contribution in [1.82, 2.24) is 25.4 Å². The lowest BCUT2D eigenvalue weighted by Crippen LogP contribution is -2.46. The molecule has 0 saturated carbocycles. The lowest BCUT2D eigenvalue weighted by atomic mass is 9.89. The molecule has 0 saturated heterocycles. The lowest BCUT2D eigenvalue weighted by Gasteiger charge is -2.30. The Morgan fingerprint density at radius 1 is 1.24 bits per heavy atom. The number of aryl methyl sites for hydroxylation is 1. The highest BCUT2D eigenvalue weighted by molar-refractivity contribution is 14.0. The molecule has 0 amide bonds. The minimum absolute atomic E-state index is 0. The molecule has 0 aromatic carbocycles. The summed E-state index contributed by atoms with van der Waals surface area (Å²) in [5.74, 6) is 2.40. The molecule has 1 rings (SSSR count). The van der Waals surface area contributed by atoms with Crippen molar-refractivity contribution < 1.29 is 9.47 Å². The standard InChI is InChI=1S/C16H32N6O2.HI/c1-12-20-21-14(22(12)5)11-19-15(17-8-9-23-6)18-10-13(24-7)16(2,3)4;/h13H,8-11H2,1-7H3,(H2,17,18,19);1H. The highest BCUT2D eigenvalue weighted by Gasteiger charge is 2.24. The normalized spacial score (nSPS) is 13.3. The molecule has 1 atom stereocenters. The van der Waals surface area contributed by atoms with E-state index in [0.717, 1.165) is 11.6 Å². The van der Waals surface area contributed by atoms with E-state index in [9.17, 15) is 0 Å². The number of hydrogen-bond donors (Lipinski definition) is 2. The Morgan fingerprint density at radius 2 is 1.92 bits per heavy atom. The number of aliphatic imine (C=N–C) groups is 1. The molecule has 0 spiro atoms. The van der Waals surface area contributed by atoms with E-state index in [4.69, 9.17) is 9.47 Å². The molecule has 0 bridgehead atoms. The third-order valence-electron chi connectivity index (χ3n) is 3.87. The summed E-state index contributed by atoms with van der Waals surface area (Å²) in [6.45, 7) is 10.8. The van der Waals surface area contributed by atoms with Gasteiger partial charge < -0.3 is 24.7 Å². The van der Waals surface area contributed by atoms with E-state index < -0.39 is 0 Å². The molecule has 9 heteroatoms. The average molecular weight is 468 g/mol. The van der Waals surface area contributed by atoms with Crippen molar-refractivity contribution in [3.8, 4) is 0 Å². The van der Waals surface area contributed by atoms with Gasteiger partial charge in [-0.1, -0.05) is 20.8 Å². The first-order valence-electron chi connectivity index (χ1n) is 8.18. The van der Waals surface area contributed by atoms with Gasteiger partial charge in [-0.15, -0.1) is 34.2 Å². The summed E-state index contributed by atoms with van der Waals surface area (Å²) in [7, 11) is 5.34. The first-order valence-corrected chi connectivity index (χ1v) is 8.18. The maximum Gasteiger partial charge on any atom is 0.191 e. The lowest BCUT2D eigenvalue weighted by molar-refractivity contribution is 0.0205. The van der Waals surface area contributed by atoms with Crippen molar-refractivity contribution in [3.05, 3.63) is 11.6 Å². The van der Waals surface area contributed by atoms with Gasteiger partial charge >= 0.3 is 0 Å². The van der Waals surface area contributed by atoms with Crippen LogP contribution in [0.2, 0.25) is 0 Å². The Bertz CT molecular complexity index is 527. The van der Waals surface area contributed by atoms with Crippen LogP contribution in [0.25, 0.3) is 0 Å². The van der Waals surface area contributed by atoms with Gasteiger partial charge in [0.1, 0.15) is 12.4 Å². The van der Waals surface area contributed by atoms with Gasteiger partial charge in [0.25, 0.3) is 0 Å². The summed E-state index contributed by atoms with van der Waals surface area (Å²) in [6.07, 6.45) is 0.0731. The van der Waals surface area contributed by atoms with Crippen LogP contribution in [0.1, 0.15) is 32.4 Å². The van der Waals surface area contributed by atoms with Gasteiger partial charge in [-0.25, -0.2) is 4.99 Å². The maximum atomic E-state index is 5.58. The SMILES string of the molecule is COCCNC(=NCc1nnc(C)n1C)NCC(OC)C(C)(C)C.I. The van der Waals surface area contributed by atoms with E-state index in [1.165, 1.54) is 0 Å². The van der Waals surface area contributed by atoms with E-state index in [-0.39, 0.29) is 35.5 Å². The van der Waals surface area contributed by atoms with Gasteiger partial charge in [-0.3, -0.25) is 0 Å². The molecule has 1 aromatic rings. The number of guanidine groups is 1. The van der Waals surface area contributed by atoms with Crippen LogP contribution in [-0.2, 0) is 23.1 Å². The third kappa shape index (κ3) is 8.32. The first-order chi connectivity index (χ1) is 11.3. The predicted molar refractivity (Wildman–Crippen MR) is 110 cm³/mol. The molecule has 25 heavy (non-hydrogen) atoms. The van der Waals surface area contributed by atoms with Crippen molar-refractivity contribution in [1.29, 1.82) is 0 Å². The number of ether oxygens (including phenoxy) is 2. The number of nitrogens with one attached hydrogen (secondary N) is 2. The molecule has 1 unspecified atom stereocenters. The Hall–Kier alpha value is -0.940. The number of halogens is 1. The summed E-state index contributed by atoms with van der Waals surface area (Å²) >= 11 is 0. The topological polar surface area (TPSA) is 85.6 Å². The third-order valence-corrected chi connectivity index (χ3v) is 3.87. The number of hydrogen-bond acceptors (Lipinski definition) is 5. The fourth-order valence-electron chi connectivity index (χ4n) is 2.12. The van der Waals surface area contributed by atoms with Gasteiger partial charge in [0.05, 0.1) is 12.7 Å². The van der Waals surface area contributed by atoms with Crippen molar-refractivity contribution in [2.24, 2.45) is 17.5 Å². The van der Waals surface area contributed by atoms with Gasteiger partial charge in [-0.05, 0) is 12.3 Å². The monoisotopic (exact) mass is 468 g/mol. The molecule has 0 fully saturated rings. The summed E-state index contributed by atoms with van der Waals surface area (Å²) in [4.78, 5) is 4.59. The van der Waals surface area contributed by atoms with Gasteiger partial charge in [0.15, 0.2) is 11.8 Å². The zero-order valence-corrected chi connectivity index (χ0v) is 18.7. The highest BCUT2D eigenvalue weighted by Crippen LogP contribution is 2.20. The summed E-state index contributed by atoms with van der Waals surface area (Å²) in [5, 5.41) is 14.8. The fourth-order valence-corrected chi connectivity index (χ4v) is 2.12. The average Bonchev–Trinajstić information content (AvgIpc) is 2.83. The second-order valence-electron chi connectivity index (χ2n) is 6.78. The van der Waals surface area contributed by atoms with E-state index in [0.29, 0.717) is 32.2 Å². The van der Waals surface area contributed by atoms with Crippen LogP contribution in [0.3, 0.4) is 0 Å². The maximum absolute atomic E-state index is 5.58. The fraction of sp³-hybridized carbons (Fsp3) is 0.812. The van der Waals surface area contributed by atoms with E-state index in [1.807, 2.05) is 18.5 Å². The number of rotatable bonds is 8. The van der Waals surface area contributed by atoms with Crippen molar-refractivity contribution in [2.75, 3.05) is 33.9 Å². The Labute approximate surface area is 168 Å². The smallest absolute Gasteiger partial charge is 0.191 e. The molecule has 1 heterocycles.